The first-order chi connectivity index (χ1) is 10.9. The minimum Gasteiger partial charge on any atom is -0.509 e. The van der Waals surface area contributed by atoms with Crippen molar-refractivity contribution in [1.29, 1.82) is 0 Å². The average Bonchev–Trinajstić information content (AvgIpc) is 2.47. The molecule has 0 radical (unpaired) electrons. The summed E-state index contributed by atoms with van der Waals surface area (Å²) in [6, 6.07) is 8.22. The molecule has 1 aromatic rings. The van der Waals surface area contributed by atoms with Crippen LogP contribution < -0.4 is 5.32 Å². The van der Waals surface area contributed by atoms with Crippen molar-refractivity contribution < 1.29 is 24.2 Å². The van der Waals surface area contributed by atoms with Crippen LogP contribution in [0.25, 0.3) is 0 Å². The molecule has 0 fully saturated rings. The number of hydrogen-bond donors (Lipinski definition) is 2. The molecule has 23 heavy (non-hydrogen) atoms. The van der Waals surface area contributed by atoms with E-state index in [1.54, 1.807) is 6.92 Å². The Kier molecular flexibility index (Phi) is 6.99. The van der Waals surface area contributed by atoms with E-state index in [1.165, 1.54) is 6.92 Å². The molecule has 1 atom stereocenters. The third-order valence-electron chi connectivity index (χ3n) is 3.08. The molecule has 2 N–H and O–H groups in total. The fraction of sp³-hybridized carbons (Fsp3) is 0.353. The molecule has 0 aliphatic heterocycles. The van der Waals surface area contributed by atoms with Gasteiger partial charge in [-0.15, -0.1) is 0 Å². The number of aliphatic hydroxyl groups is 1. The quantitative estimate of drug-likeness (QED) is 0.262. The van der Waals surface area contributed by atoms with Gasteiger partial charge in [-0.25, -0.2) is 4.79 Å². The van der Waals surface area contributed by atoms with Crippen molar-refractivity contribution in [2.24, 2.45) is 0 Å². The second-order valence-electron chi connectivity index (χ2n) is 4.98. The topological polar surface area (TPSA) is 92.7 Å². The summed E-state index contributed by atoms with van der Waals surface area (Å²) in [6.45, 7) is 4.13. The second-order valence-corrected chi connectivity index (χ2v) is 4.98. The molecule has 0 aromatic heterocycles. The van der Waals surface area contributed by atoms with Crippen LogP contribution in [0.3, 0.4) is 0 Å². The number of aliphatic hydroxyl groups excluding tert-OH is 1. The molecule has 6 heteroatoms. The van der Waals surface area contributed by atoms with E-state index >= 15 is 0 Å². The highest BCUT2D eigenvalue weighted by Gasteiger charge is 2.27. The van der Waals surface area contributed by atoms with Gasteiger partial charge in [-0.1, -0.05) is 30.3 Å². The number of rotatable bonds is 7. The maximum Gasteiger partial charge on any atom is 0.345 e. The Balaban J connectivity index is 3.20. The van der Waals surface area contributed by atoms with Gasteiger partial charge in [0.25, 0.3) is 0 Å². The van der Waals surface area contributed by atoms with E-state index in [0.29, 0.717) is 0 Å². The van der Waals surface area contributed by atoms with Crippen molar-refractivity contribution in [3.63, 3.8) is 0 Å². The molecule has 0 spiro atoms. The second kappa shape index (κ2) is 8.73. The van der Waals surface area contributed by atoms with Crippen LogP contribution >= 0.6 is 0 Å². The van der Waals surface area contributed by atoms with Crippen LogP contribution in [0.5, 0.6) is 0 Å². The Morgan fingerprint density at radius 3 is 2.26 bits per heavy atom. The summed E-state index contributed by atoms with van der Waals surface area (Å²) in [6.07, 6.45) is 0.239. The maximum atomic E-state index is 11.9. The summed E-state index contributed by atoms with van der Waals surface area (Å²) in [5.41, 5.74) is 0.395. The Bertz CT molecular complexity index is 607. The van der Waals surface area contributed by atoms with Crippen molar-refractivity contribution in [2.45, 2.75) is 33.2 Å². The molecular weight excluding hydrogens is 298 g/mol. The summed E-state index contributed by atoms with van der Waals surface area (Å²) in [5, 5.41) is 12.9. The zero-order chi connectivity index (χ0) is 17.4. The zero-order valence-corrected chi connectivity index (χ0v) is 13.5. The van der Waals surface area contributed by atoms with Gasteiger partial charge in [0.2, 0.25) is 5.91 Å². The van der Waals surface area contributed by atoms with Gasteiger partial charge in [0.05, 0.1) is 12.6 Å². The molecule has 0 saturated carbocycles. The molecular formula is C17H21NO5. The SMILES string of the molecule is CCOC(=O)/C(C(C)=O)=C(/O)C(Cc1ccccc1)NC(C)=O. The number of carbonyl (C=O) groups excluding carboxylic acids is 3. The van der Waals surface area contributed by atoms with E-state index in [1.807, 2.05) is 30.3 Å². The van der Waals surface area contributed by atoms with Gasteiger partial charge < -0.3 is 15.2 Å². The largest absolute Gasteiger partial charge is 0.509 e. The summed E-state index contributed by atoms with van der Waals surface area (Å²) >= 11 is 0. The summed E-state index contributed by atoms with van der Waals surface area (Å²) in [4.78, 5) is 35.0. The summed E-state index contributed by atoms with van der Waals surface area (Å²) < 4.78 is 4.80. The van der Waals surface area contributed by atoms with Crippen molar-refractivity contribution in [2.75, 3.05) is 6.61 Å². The number of ether oxygens (including phenoxy) is 1. The van der Waals surface area contributed by atoms with Gasteiger partial charge in [0.1, 0.15) is 11.3 Å². The highest BCUT2D eigenvalue weighted by atomic mass is 16.5. The first kappa shape index (κ1) is 18.4. The Morgan fingerprint density at radius 1 is 1.17 bits per heavy atom. The van der Waals surface area contributed by atoms with Gasteiger partial charge in [-0.2, -0.15) is 0 Å². The van der Waals surface area contributed by atoms with E-state index in [9.17, 15) is 19.5 Å². The number of benzene rings is 1. The van der Waals surface area contributed by atoms with E-state index in [4.69, 9.17) is 4.74 Å². The molecule has 0 saturated heterocycles. The molecule has 0 bridgehead atoms. The van der Waals surface area contributed by atoms with Gasteiger partial charge in [-0.05, 0) is 25.8 Å². The fourth-order valence-corrected chi connectivity index (χ4v) is 2.12. The molecule has 0 heterocycles. The molecule has 124 valence electrons. The fourth-order valence-electron chi connectivity index (χ4n) is 2.12. The van der Waals surface area contributed by atoms with Crippen LogP contribution in [0.2, 0.25) is 0 Å². The Morgan fingerprint density at radius 2 is 1.78 bits per heavy atom. The molecule has 1 amide bonds. The monoisotopic (exact) mass is 319 g/mol. The minimum atomic E-state index is -0.902. The lowest BCUT2D eigenvalue weighted by Gasteiger charge is -2.19. The van der Waals surface area contributed by atoms with Gasteiger partial charge in [-0.3, -0.25) is 9.59 Å². The smallest absolute Gasteiger partial charge is 0.345 e. The molecule has 1 rings (SSSR count). The Hall–Kier alpha value is -2.63. The number of nitrogens with one attached hydrogen (secondary N) is 1. The summed E-state index contributed by atoms with van der Waals surface area (Å²) in [5.74, 6) is -2.40. The molecule has 6 nitrogen and oxygen atoms in total. The summed E-state index contributed by atoms with van der Waals surface area (Å²) in [7, 11) is 0. The predicted octanol–water partition coefficient (Wildman–Crippen LogP) is 1.70. The van der Waals surface area contributed by atoms with Crippen LogP contribution in [-0.2, 0) is 25.5 Å². The molecule has 0 aliphatic rings. The van der Waals surface area contributed by atoms with Gasteiger partial charge >= 0.3 is 5.97 Å². The van der Waals surface area contributed by atoms with E-state index in [2.05, 4.69) is 5.32 Å². The Labute approximate surface area is 135 Å². The standard InChI is InChI=1S/C17H21NO5/c1-4-23-17(22)15(11(2)19)16(21)14(18-12(3)20)10-13-8-6-5-7-9-13/h5-9,14,21H,4,10H2,1-3H3,(H,18,20)/b16-15+. The number of hydrogen-bond acceptors (Lipinski definition) is 5. The van der Waals surface area contributed by atoms with Crippen LogP contribution in [0.4, 0.5) is 0 Å². The van der Waals surface area contributed by atoms with Gasteiger partial charge in [0.15, 0.2) is 5.78 Å². The maximum absolute atomic E-state index is 11.9. The molecule has 0 aliphatic carbocycles. The van der Waals surface area contributed by atoms with E-state index < -0.39 is 29.1 Å². The van der Waals surface area contributed by atoms with Crippen molar-refractivity contribution in [3.8, 4) is 0 Å². The predicted molar refractivity (Wildman–Crippen MR) is 84.7 cm³/mol. The number of ketones is 1. The lowest BCUT2D eigenvalue weighted by molar-refractivity contribution is -0.140. The van der Waals surface area contributed by atoms with Crippen LogP contribution in [0, 0.1) is 0 Å². The number of Topliss-reactive ketones (excluding diaryl/α,β-unsaturated/α-hetero) is 1. The van der Waals surface area contributed by atoms with Crippen LogP contribution in [0.15, 0.2) is 41.7 Å². The average molecular weight is 319 g/mol. The molecule has 1 aromatic carbocycles. The lowest BCUT2D eigenvalue weighted by atomic mass is 9.99. The number of amides is 1. The highest BCUT2D eigenvalue weighted by molar-refractivity contribution is 6.16. The van der Waals surface area contributed by atoms with Gasteiger partial charge in [0, 0.05) is 6.92 Å². The third kappa shape index (κ3) is 5.58. The van der Waals surface area contributed by atoms with Crippen molar-refractivity contribution in [1.82, 2.24) is 5.32 Å². The molecule has 1 unspecified atom stereocenters. The van der Waals surface area contributed by atoms with Crippen LogP contribution in [-0.4, -0.2) is 35.4 Å². The third-order valence-corrected chi connectivity index (χ3v) is 3.08. The van der Waals surface area contributed by atoms with Crippen molar-refractivity contribution >= 4 is 17.7 Å². The number of carbonyl (C=O) groups is 3. The normalized spacial score (nSPS) is 12.8. The van der Waals surface area contributed by atoms with Crippen LogP contribution in [0.1, 0.15) is 26.3 Å². The first-order valence-electron chi connectivity index (χ1n) is 7.29. The minimum absolute atomic E-state index is 0.0758. The van der Waals surface area contributed by atoms with Crippen molar-refractivity contribution in [3.05, 3.63) is 47.2 Å². The highest BCUT2D eigenvalue weighted by Crippen LogP contribution is 2.15. The van der Waals surface area contributed by atoms with E-state index in [-0.39, 0.29) is 18.9 Å². The lowest BCUT2D eigenvalue weighted by Crippen LogP contribution is -2.38. The zero-order valence-electron chi connectivity index (χ0n) is 13.5. The number of esters is 1. The van der Waals surface area contributed by atoms with E-state index in [0.717, 1.165) is 12.5 Å². The first-order valence-corrected chi connectivity index (χ1v) is 7.29.